The molecule has 1 N–H and O–H groups in total. The summed E-state index contributed by atoms with van der Waals surface area (Å²) in [6.07, 6.45) is 1.41. The highest BCUT2D eigenvalue weighted by molar-refractivity contribution is 5.72. The van der Waals surface area contributed by atoms with Crippen molar-refractivity contribution in [2.75, 3.05) is 6.61 Å². The van der Waals surface area contributed by atoms with Gasteiger partial charge in [0.25, 0.3) is 5.92 Å². The molecular weight excluding hydrogens is 306 g/mol. The zero-order valence-electron chi connectivity index (χ0n) is 12.4. The van der Waals surface area contributed by atoms with Gasteiger partial charge in [0.15, 0.2) is 6.61 Å². The van der Waals surface area contributed by atoms with E-state index in [9.17, 15) is 18.7 Å². The largest absolute Gasteiger partial charge is 0.487 e. The molecule has 0 amide bonds. The number of ether oxygens (including phenoxy) is 2. The maximum atomic E-state index is 13.9. The second-order valence-electron chi connectivity index (χ2n) is 6.00. The number of hydrogen-bond acceptors (Lipinski definition) is 4. The van der Waals surface area contributed by atoms with Crippen molar-refractivity contribution in [3.8, 4) is 5.75 Å². The Morgan fingerprint density at radius 2 is 2.09 bits per heavy atom. The number of esters is 1. The number of alkyl halides is 2. The summed E-state index contributed by atoms with van der Waals surface area (Å²) in [7, 11) is 0. The summed E-state index contributed by atoms with van der Waals surface area (Å²) < 4.78 is 38.0. The molecule has 2 aliphatic rings. The Hall–Kier alpha value is -1.95. The number of carbonyl (C=O) groups excluding carboxylic acids is 1. The summed E-state index contributed by atoms with van der Waals surface area (Å²) in [5, 5.41) is 9.97. The van der Waals surface area contributed by atoms with E-state index in [1.165, 1.54) is 6.08 Å². The average Bonchev–Trinajstić information content (AvgIpc) is 2.99. The van der Waals surface area contributed by atoms with E-state index in [1.54, 1.807) is 30.3 Å². The minimum Gasteiger partial charge on any atom is -0.487 e. The molecule has 1 saturated heterocycles. The lowest BCUT2D eigenvalue weighted by Crippen LogP contribution is -2.25. The van der Waals surface area contributed by atoms with Crippen LogP contribution in [0.25, 0.3) is 0 Å². The predicted octanol–water partition coefficient (Wildman–Crippen LogP) is 2.57. The number of halogens is 2. The molecule has 1 aromatic carbocycles. The number of para-hydroxylation sites is 1. The Kier molecular flexibility index (Phi) is 4.35. The van der Waals surface area contributed by atoms with Crippen LogP contribution >= 0.6 is 0 Å². The molecule has 124 valence electrons. The van der Waals surface area contributed by atoms with Crippen LogP contribution in [-0.2, 0) is 9.53 Å². The molecule has 3 rings (SSSR count). The quantitative estimate of drug-likeness (QED) is 0.668. The maximum Gasteiger partial charge on any atom is 0.306 e. The van der Waals surface area contributed by atoms with Crippen LogP contribution in [0.4, 0.5) is 8.78 Å². The lowest BCUT2D eigenvalue weighted by molar-refractivity contribution is -0.141. The van der Waals surface area contributed by atoms with E-state index in [0.717, 1.165) is 6.08 Å². The zero-order valence-corrected chi connectivity index (χ0v) is 12.4. The van der Waals surface area contributed by atoms with Crippen LogP contribution in [-0.4, -0.2) is 35.8 Å². The van der Waals surface area contributed by atoms with Gasteiger partial charge in [0.1, 0.15) is 11.9 Å². The summed E-state index contributed by atoms with van der Waals surface area (Å²) in [6, 6.07) is 8.39. The number of benzene rings is 1. The Morgan fingerprint density at radius 1 is 1.35 bits per heavy atom. The van der Waals surface area contributed by atoms with E-state index < -0.39 is 24.6 Å². The number of fused-ring (bicyclic) bond motifs is 1. The Bertz CT molecular complexity index is 588. The molecule has 0 unspecified atom stereocenters. The van der Waals surface area contributed by atoms with Gasteiger partial charge in [0, 0.05) is 18.3 Å². The van der Waals surface area contributed by atoms with E-state index in [-0.39, 0.29) is 24.4 Å². The second-order valence-corrected chi connectivity index (χ2v) is 6.00. The van der Waals surface area contributed by atoms with Gasteiger partial charge in [-0.25, -0.2) is 0 Å². The normalized spacial score (nSPS) is 30.5. The highest BCUT2D eigenvalue weighted by atomic mass is 19.3. The molecule has 1 aliphatic heterocycles. The summed E-state index contributed by atoms with van der Waals surface area (Å²) >= 11 is 0. The molecule has 4 atom stereocenters. The first kappa shape index (κ1) is 15.9. The van der Waals surface area contributed by atoms with Crippen LogP contribution in [0.15, 0.2) is 42.5 Å². The molecule has 1 aromatic rings. The van der Waals surface area contributed by atoms with E-state index in [0.29, 0.717) is 12.2 Å². The van der Waals surface area contributed by atoms with Crippen LogP contribution in [0.2, 0.25) is 0 Å². The summed E-state index contributed by atoms with van der Waals surface area (Å²) in [5.41, 5.74) is 0. The first-order valence-electron chi connectivity index (χ1n) is 7.57. The number of carbonyl (C=O) groups is 1. The van der Waals surface area contributed by atoms with Gasteiger partial charge in [-0.1, -0.05) is 24.3 Å². The lowest BCUT2D eigenvalue weighted by atomic mass is 9.91. The van der Waals surface area contributed by atoms with Crippen LogP contribution in [0.5, 0.6) is 5.75 Å². The minimum absolute atomic E-state index is 0.169. The number of rotatable bonds is 5. The highest BCUT2D eigenvalue weighted by Gasteiger charge is 2.48. The Morgan fingerprint density at radius 3 is 2.83 bits per heavy atom. The third-order valence-corrected chi connectivity index (χ3v) is 4.31. The molecule has 6 heteroatoms. The first-order chi connectivity index (χ1) is 10.9. The topological polar surface area (TPSA) is 55.8 Å². The highest BCUT2D eigenvalue weighted by Crippen LogP contribution is 2.42. The molecule has 0 spiro atoms. The molecule has 23 heavy (non-hydrogen) atoms. The second kappa shape index (κ2) is 6.28. The van der Waals surface area contributed by atoms with Crippen molar-refractivity contribution in [3.05, 3.63) is 42.5 Å². The van der Waals surface area contributed by atoms with Gasteiger partial charge in [0.05, 0.1) is 12.5 Å². The SMILES string of the molecule is O=C1C[C@@H]2[C@@H](/C=C/C(F)(F)COc3ccccc3)[C@H](O)C[C@@H]2O1. The van der Waals surface area contributed by atoms with E-state index >= 15 is 0 Å². The van der Waals surface area contributed by atoms with Crippen molar-refractivity contribution in [1.82, 2.24) is 0 Å². The molecule has 0 bridgehead atoms. The lowest BCUT2D eigenvalue weighted by Gasteiger charge is -2.17. The van der Waals surface area contributed by atoms with Gasteiger partial charge in [0.2, 0.25) is 0 Å². The fourth-order valence-electron chi connectivity index (χ4n) is 3.18. The van der Waals surface area contributed by atoms with Crippen molar-refractivity contribution in [3.63, 3.8) is 0 Å². The van der Waals surface area contributed by atoms with Crippen molar-refractivity contribution in [1.29, 1.82) is 0 Å². The number of hydrogen-bond donors (Lipinski definition) is 1. The molecule has 0 aromatic heterocycles. The monoisotopic (exact) mass is 324 g/mol. The molecule has 0 radical (unpaired) electrons. The molecule has 2 fully saturated rings. The summed E-state index contributed by atoms with van der Waals surface area (Å²) in [5.74, 6) is -3.83. The maximum absolute atomic E-state index is 13.9. The Balaban J connectivity index is 1.60. The van der Waals surface area contributed by atoms with E-state index in [1.807, 2.05) is 0 Å². The smallest absolute Gasteiger partial charge is 0.306 e. The van der Waals surface area contributed by atoms with Crippen LogP contribution in [0.3, 0.4) is 0 Å². The van der Waals surface area contributed by atoms with Crippen molar-refractivity contribution in [2.45, 2.75) is 31.0 Å². The van der Waals surface area contributed by atoms with Crippen molar-refractivity contribution >= 4 is 5.97 Å². The van der Waals surface area contributed by atoms with Gasteiger partial charge in [-0.15, -0.1) is 0 Å². The molecular formula is C17H18F2O4. The van der Waals surface area contributed by atoms with Gasteiger partial charge in [-0.3, -0.25) is 4.79 Å². The van der Waals surface area contributed by atoms with Crippen molar-refractivity contribution < 1.29 is 28.2 Å². The summed E-state index contributed by atoms with van der Waals surface area (Å²) in [6.45, 7) is -0.778. The third-order valence-electron chi connectivity index (χ3n) is 4.31. The summed E-state index contributed by atoms with van der Waals surface area (Å²) in [4.78, 5) is 11.3. The molecule has 1 saturated carbocycles. The van der Waals surface area contributed by atoms with E-state index in [2.05, 4.69) is 0 Å². The third kappa shape index (κ3) is 3.69. The molecule has 4 nitrogen and oxygen atoms in total. The van der Waals surface area contributed by atoms with E-state index in [4.69, 9.17) is 9.47 Å². The average molecular weight is 324 g/mol. The van der Waals surface area contributed by atoms with Gasteiger partial charge in [-0.2, -0.15) is 8.78 Å². The predicted molar refractivity (Wildman–Crippen MR) is 78.1 cm³/mol. The minimum atomic E-state index is -3.16. The fourth-order valence-corrected chi connectivity index (χ4v) is 3.18. The number of aliphatic hydroxyl groups is 1. The van der Waals surface area contributed by atoms with Crippen LogP contribution in [0.1, 0.15) is 12.8 Å². The fraction of sp³-hybridized carbons (Fsp3) is 0.471. The van der Waals surface area contributed by atoms with Crippen LogP contribution in [0, 0.1) is 11.8 Å². The van der Waals surface area contributed by atoms with Crippen molar-refractivity contribution in [2.24, 2.45) is 11.8 Å². The van der Waals surface area contributed by atoms with Gasteiger partial charge >= 0.3 is 5.97 Å². The molecule has 1 heterocycles. The van der Waals surface area contributed by atoms with Gasteiger partial charge < -0.3 is 14.6 Å². The van der Waals surface area contributed by atoms with Gasteiger partial charge in [-0.05, 0) is 18.2 Å². The standard InChI is InChI=1S/C17H18F2O4/c18-17(19,10-22-11-4-2-1-3-5-11)7-6-12-13-8-16(21)23-15(13)9-14(12)20/h1-7,12-15,20H,8-10H2/b7-6+/t12-,13-,14-,15+/m1/s1. The first-order valence-corrected chi connectivity index (χ1v) is 7.57. The zero-order chi connectivity index (χ0) is 16.4. The number of aliphatic hydroxyl groups excluding tert-OH is 1. The molecule has 1 aliphatic carbocycles. The van der Waals surface area contributed by atoms with Crippen LogP contribution < -0.4 is 4.74 Å². The Labute approximate surface area is 132 Å².